The van der Waals surface area contributed by atoms with E-state index in [1.165, 1.54) is 9.13 Å². The summed E-state index contributed by atoms with van der Waals surface area (Å²) in [5.74, 6) is -0.340. The van der Waals surface area contributed by atoms with Gasteiger partial charge in [0.2, 0.25) is 0 Å². The Morgan fingerprint density at radius 1 is 0.591 bits per heavy atom. The van der Waals surface area contributed by atoms with E-state index < -0.39 is 109 Å². The smallest absolute Gasteiger partial charge is 0.386 e. The zero-order valence-corrected chi connectivity index (χ0v) is 39.4. The van der Waals surface area contributed by atoms with Crippen LogP contribution in [0, 0.1) is 0 Å². The van der Waals surface area contributed by atoms with Gasteiger partial charge in [0.15, 0.2) is 56.7 Å². The van der Waals surface area contributed by atoms with Crippen molar-refractivity contribution in [3.63, 3.8) is 0 Å². The number of rotatable bonds is 21. The predicted octanol–water partition coefficient (Wildman–Crippen LogP) is -0.837. The molecular formula is C22H34N10O26P6S2. The van der Waals surface area contributed by atoms with Crippen molar-refractivity contribution < 1.29 is 122 Å². The minimum Gasteiger partial charge on any atom is -0.386 e. The van der Waals surface area contributed by atoms with Crippen LogP contribution in [0.25, 0.3) is 22.3 Å². The lowest BCUT2D eigenvalue weighted by atomic mass is 10.1. The van der Waals surface area contributed by atoms with Gasteiger partial charge in [-0.3, -0.25) is 18.2 Å². The van der Waals surface area contributed by atoms with Crippen LogP contribution in [0.15, 0.2) is 23.0 Å². The van der Waals surface area contributed by atoms with E-state index in [0.717, 1.165) is 48.5 Å². The molecule has 0 radical (unpaired) electrons. The number of aliphatic hydroxyl groups excluding tert-OH is 2. The number of hydrogen-bond acceptors (Lipinski definition) is 28. The molecule has 0 amide bonds. The summed E-state index contributed by atoms with van der Waals surface area (Å²) in [5.41, 5.74) is 11.9. The van der Waals surface area contributed by atoms with Gasteiger partial charge in [-0.05, 0) is 21.6 Å². The third kappa shape index (κ3) is 12.6. The van der Waals surface area contributed by atoms with Gasteiger partial charge in [0, 0.05) is 14.2 Å². The van der Waals surface area contributed by atoms with E-state index in [0.29, 0.717) is 0 Å². The van der Waals surface area contributed by atoms with Crippen molar-refractivity contribution in [3.8, 4) is 0 Å². The second-order valence-corrected chi connectivity index (χ2v) is 23.7. The van der Waals surface area contributed by atoms with E-state index in [1.807, 2.05) is 0 Å². The van der Waals surface area contributed by atoms with Gasteiger partial charge in [0.05, 0.1) is 13.2 Å². The number of nitrogens with two attached hydrogens (primary N) is 2. The van der Waals surface area contributed by atoms with E-state index in [9.17, 15) is 57.2 Å². The van der Waals surface area contributed by atoms with Crippen molar-refractivity contribution >= 4 is 102 Å². The lowest BCUT2D eigenvalue weighted by molar-refractivity contribution is -0.0559. The number of aromatic nitrogens is 8. The maximum atomic E-state index is 12.5. The molecule has 12 atom stereocenters. The number of anilines is 2. The number of ether oxygens (including phenoxy) is 4. The molecular weight excluding hydrogens is 1070 g/mol. The molecule has 6 rings (SSSR count). The van der Waals surface area contributed by atoms with Crippen molar-refractivity contribution in [2.45, 2.75) is 59.4 Å². The van der Waals surface area contributed by atoms with Crippen molar-refractivity contribution in [3.05, 3.63) is 12.7 Å². The van der Waals surface area contributed by atoms with Gasteiger partial charge in [-0.1, -0.05) is 0 Å². The Morgan fingerprint density at radius 2 is 0.939 bits per heavy atom. The molecule has 0 bridgehead atoms. The second-order valence-electron chi connectivity index (χ2n) is 12.8. The largest absolute Gasteiger partial charge is 0.490 e. The highest BCUT2D eigenvalue weighted by Crippen LogP contribution is 2.67. The van der Waals surface area contributed by atoms with E-state index in [4.69, 9.17) is 59.0 Å². The number of imidazole rings is 2. The Bertz CT molecular complexity index is 2560. The van der Waals surface area contributed by atoms with Crippen molar-refractivity contribution in [1.82, 2.24) is 39.0 Å². The molecule has 8 unspecified atom stereocenters. The van der Waals surface area contributed by atoms with Crippen LogP contribution in [-0.2, 0) is 72.6 Å². The van der Waals surface area contributed by atoms with E-state index in [2.05, 4.69) is 47.1 Å². The molecule has 0 aromatic carbocycles. The molecule has 4 aromatic rings. The zero-order valence-electron chi connectivity index (χ0n) is 32.4. The molecule has 36 nitrogen and oxygen atoms in total. The van der Waals surface area contributed by atoms with Crippen LogP contribution in [0.4, 0.5) is 11.6 Å². The molecule has 66 heavy (non-hydrogen) atoms. The van der Waals surface area contributed by atoms with Crippen molar-refractivity contribution in [2.24, 2.45) is 0 Å². The van der Waals surface area contributed by atoms with Gasteiger partial charge in [0.1, 0.15) is 49.3 Å². The van der Waals surface area contributed by atoms with Gasteiger partial charge < -0.3 is 79.8 Å². The molecule has 0 aliphatic carbocycles. The molecule has 6 heterocycles. The summed E-state index contributed by atoms with van der Waals surface area (Å²) in [7, 11) is -30.8. The number of phosphoric acid groups is 6. The summed E-state index contributed by atoms with van der Waals surface area (Å²) in [4.78, 5) is 99.5. The molecule has 44 heteroatoms. The SMILES string of the molecule is COC1C(O)[C@H](n2c(SSc3nc4c(N)ncnc4n3[C@@H]3O[C@H](COP(=O)(O)OP(=O)(O)OP(=O)(O)O)C(OC)C3O)nc3c(N)ncnc32)O[C@@H]1COP(=O)(O)OP(=O)(O)OP(=O)(O)O. The summed E-state index contributed by atoms with van der Waals surface area (Å²) in [6.45, 7) is -2.09. The average Bonchev–Trinajstić information content (AvgIpc) is 3.89. The Balaban J connectivity index is 1.28. The number of hydrogen-bond donors (Lipinski definition) is 12. The van der Waals surface area contributed by atoms with Gasteiger partial charge in [0.25, 0.3) is 0 Å². The topological polar surface area (TPSA) is 536 Å². The fourth-order valence-electron chi connectivity index (χ4n) is 6.12. The lowest BCUT2D eigenvalue weighted by Crippen LogP contribution is -2.35. The van der Waals surface area contributed by atoms with Crippen LogP contribution < -0.4 is 11.5 Å². The number of methoxy groups -OCH3 is 2. The molecule has 2 fully saturated rings. The minimum atomic E-state index is -5.90. The molecule has 4 aromatic heterocycles. The Morgan fingerprint density at radius 3 is 1.26 bits per heavy atom. The van der Waals surface area contributed by atoms with Gasteiger partial charge in [-0.25, -0.2) is 57.3 Å². The molecule has 2 aliphatic heterocycles. The first-order valence-corrected chi connectivity index (χ1v) is 28.2. The number of nitrogens with zero attached hydrogens (tertiary/aromatic N) is 8. The molecule has 370 valence electrons. The summed E-state index contributed by atoms with van der Waals surface area (Å²) in [5, 5.41) is 22.7. The standard InChI is InChI=1S/C22H34N10O26P6S2/c1-49-13-7(3-51-61(41,42)57-63(45,46)55-59(35,36)37)53-19(11(13)33)31-17-9(15(23)25-5-27-17)29-21(31)65-66-22-30-10-16(24)26-6-28-18(10)32(22)20-12(34)14(50-2)8(54-20)4-52-62(43,44)58-64(47,48)56-60(38,39)40/h5-8,11-14,19-20,33-34H,3-4H2,1-2H3,(H,41,42)(H,43,44)(H,45,46)(H,47,48)(H2,23,25,27)(H2,24,26,28)(H2,35,36,37)(H2,38,39,40)/t7-,8-,11?,12?,13?,14?,19-,20-/m1/s1. The highest BCUT2D eigenvalue weighted by molar-refractivity contribution is 8.76. The minimum absolute atomic E-state index is 0.0537. The molecule has 0 spiro atoms. The van der Waals surface area contributed by atoms with Crippen molar-refractivity contribution in [2.75, 3.05) is 38.9 Å². The molecule has 2 aliphatic rings. The Kier molecular flexibility index (Phi) is 16.2. The second kappa shape index (κ2) is 20.0. The normalized spacial score (nSPS) is 27.8. The van der Waals surface area contributed by atoms with Crippen LogP contribution in [0.2, 0.25) is 0 Å². The van der Waals surface area contributed by atoms with Gasteiger partial charge in [-0.15, -0.1) is 0 Å². The molecule has 0 saturated carbocycles. The van der Waals surface area contributed by atoms with Gasteiger partial charge >= 0.3 is 46.9 Å². The summed E-state index contributed by atoms with van der Waals surface area (Å²) < 4.78 is 120. The average molecular weight is 1100 g/mol. The van der Waals surface area contributed by atoms with Crippen molar-refractivity contribution in [1.29, 1.82) is 0 Å². The summed E-state index contributed by atoms with van der Waals surface area (Å²) >= 11 is 0. The quantitative estimate of drug-likeness (QED) is 0.0358. The van der Waals surface area contributed by atoms with E-state index >= 15 is 0 Å². The third-order valence-electron chi connectivity index (χ3n) is 8.44. The van der Waals surface area contributed by atoms with Crippen LogP contribution >= 0.6 is 68.5 Å². The summed E-state index contributed by atoms with van der Waals surface area (Å²) in [6.07, 6.45) is -10.4. The van der Waals surface area contributed by atoms with Crippen LogP contribution in [0.3, 0.4) is 0 Å². The van der Waals surface area contributed by atoms with E-state index in [-0.39, 0.29) is 44.3 Å². The maximum Gasteiger partial charge on any atom is 0.490 e. The van der Waals surface area contributed by atoms with E-state index in [1.54, 1.807) is 0 Å². The first kappa shape index (κ1) is 53.3. The Labute approximate surface area is 373 Å². The zero-order chi connectivity index (χ0) is 48.9. The first-order chi connectivity index (χ1) is 30.4. The monoisotopic (exact) mass is 1100 g/mol. The van der Waals surface area contributed by atoms with Gasteiger partial charge in [-0.2, -0.15) is 17.2 Å². The predicted molar refractivity (Wildman–Crippen MR) is 212 cm³/mol. The fourth-order valence-corrected chi connectivity index (χ4v) is 14.3. The number of phosphoric ester groups is 2. The first-order valence-electron chi connectivity index (χ1n) is 17.0. The highest BCUT2D eigenvalue weighted by Gasteiger charge is 2.51. The number of fused-ring (bicyclic) bond motifs is 2. The lowest BCUT2D eigenvalue weighted by Gasteiger charge is -2.20. The molecule has 2 saturated heterocycles. The van der Waals surface area contributed by atoms with Crippen LogP contribution in [0.1, 0.15) is 12.5 Å². The number of nitrogen functional groups attached to an aromatic ring is 2. The summed E-state index contributed by atoms with van der Waals surface area (Å²) in [6, 6.07) is 0. The fraction of sp³-hybridized carbons (Fsp3) is 0.545. The number of aliphatic hydroxyl groups is 2. The molecule has 14 N–H and O–H groups in total. The van der Waals surface area contributed by atoms with Crippen LogP contribution in [0.5, 0.6) is 0 Å². The maximum absolute atomic E-state index is 12.5. The van der Waals surface area contributed by atoms with Crippen LogP contribution in [-0.4, -0.2) is 152 Å². The highest BCUT2D eigenvalue weighted by atomic mass is 33.1. The Hall–Kier alpha value is -2.02. The third-order valence-corrected chi connectivity index (χ3v) is 18.2.